The molecule has 1 aromatic carbocycles. The second-order valence-electron chi connectivity index (χ2n) is 5.28. The SMILES string of the molecule is CC(O)COCCOc1cc(CO)cc(COCC(C)O)c1. The second-order valence-corrected chi connectivity index (χ2v) is 5.28. The Hall–Kier alpha value is -1.18. The van der Waals surface area contributed by atoms with Crippen molar-refractivity contribution in [3.05, 3.63) is 29.3 Å². The van der Waals surface area contributed by atoms with Crippen molar-refractivity contribution in [3.8, 4) is 5.75 Å². The Labute approximate surface area is 131 Å². The van der Waals surface area contributed by atoms with Crippen molar-refractivity contribution in [2.45, 2.75) is 39.3 Å². The van der Waals surface area contributed by atoms with Gasteiger partial charge in [-0.2, -0.15) is 0 Å². The van der Waals surface area contributed by atoms with E-state index in [-0.39, 0.29) is 19.8 Å². The van der Waals surface area contributed by atoms with Crippen LogP contribution < -0.4 is 4.74 Å². The fourth-order valence-electron chi connectivity index (χ4n) is 1.81. The zero-order valence-electron chi connectivity index (χ0n) is 13.2. The van der Waals surface area contributed by atoms with Gasteiger partial charge in [-0.3, -0.25) is 0 Å². The highest BCUT2D eigenvalue weighted by molar-refractivity contribution is 5.34. The maximum Gasteiger partial charge on any atom is 0.120 e. The molecule has 0 aliphatic carbocycles. The van der Waals surface area contributed by atoms with Crippen LogP contribution in [0.15, 0.2) is 18.2 Å². The molecule has 0 heterocycles. The first-order chi connectivity index (χ1) is 10.5. The summed E-state index contributed by atoms with van der Waals surface area (Å²) in [6.45, 7) is 4.84. The van der Waals surface area contributed by atoms with E-state index in [9.17, 15) is 5.11 Å². The molecule has 1 rings (SSSR count). The Morgan fingerprint density at radius 2 is 1.55 bits per heavy atom. The summed E-state index contributed by atoms with van der Waals surface area (Å²) in [6.07, 6.45) is -1.00. The summed E-state index contributed by atoms with van der Waals surface area (Å²) < 4.78 is 16.2. The Bertz CT molecular complexity index is 419. The van der Waals surface area contributed by atoms with Crippen LogP contribution in [0.3, 0.4) is 0 Å². The van der Waals surface area contributed by atoms with E-state index >= 15 is 0 Å². The van der Waals surface area contributed by atoms with Gasteiger partial charge in [0.05, 0.1) is 45.2 Å². The molecule has 0 saturated carbocycles. The minimum Gasteiger partial charge on any atom is -0.491 e. The predicted octanol–water partition coefficient (Wildman–Crippen LogP) is 0.853. The first-order valence-electron chi connectivity index (χ1n) is 7.39. The monoisotopic (exact) mass is 314 g/mol. The molecule has 2 unspecified atom stereocenters. The van der Waals surface area contributed by atoms with E-state index in [4.69, 9.17) is 24.4 Å². The molecule has 0 fully saturated rings. The largest absolute Gasteiger partial charge is 0.491 e. The van der Waals surface area contributed by atoms with Crippen LogP contribution in [0.1, 0.15) is 25.0 Å². The molecule has 0 amide bonds. The van der Waals surface area contributed by atoms with Crippen molar-refractivity contribution in [3.63, 3.8) is 0 Å². The molecule has 126 valence electrons. The van der Waals surface area contributed by atoms with E-state index in [0.29, 0.717) is 25.6 Å². The lowest BCUT2D eigenvalue weighted by molar-refractivity contribution is 0.0325. The minimum atomic E-state index is -0.511. The van der Waals surface area contributed by atoms with Gasteiger partial charge in [-0.1, -0.05) is 6.07 Å². The molecule has 6 nitrogen and oxygen atoms in total. The second kappa shape index (κ2) is 10.5. The minimum absolute atomic E-state index is 0.0842. The zero-order chi connectivity index (χ0) is 16.4. The molecule has 0 radical (unpaired) electrons. The van der Waals surface area contributed by atoms with Gasteiger partial charge in [0.2, 0.25) is 0 Å². The lowest BCUT2D eigenvalue weighted by Crippen LogP contribution is -2.14. The summed E-state index contributed by atoms with van der Waals surface area (Å²) in [4.78, 5) is 0. The molecule has 1 aromatic rings. The van der Waals surface area contributed by atoms with Gasteiger partial charge in [0, 0.05) is 0 Å². The quantitative estimate of drug-likeness (QED) is 0.525. The molecule has 3 N–H and O–H groups in total. The first kappa shape index (κ1) is 18.9. The van der Waals surface area contributed by atoms with Crippen molar-refractivity contribution >= 4 is 0 Å². The molecule has 22 heavy (non-hydrogen) atoms. The molecule has 2 atom stereocenters. The Morgan fingerprint density at radius 1 is 0.909 bits per heavy atom. The highest BCUT2D eigenvalue weighted by Crippen LogP contribution is 2.18. The van der Waals surface area contributed by atoms with Gasteiger partial charge < -0.3 is 29.5 Å². The third-order valence-electron chi connectivity index (χ3n) is 2.69. The lowest BCUT2D eigenvalue weighted by Gasteiger charge is -2.12. The van der Waals surface area contributed by atoms with Gasteiger partial charge in [0.15, 0.2) is 0 Å². The summed E-state index contributed by atoms with van der Waals surface area (Å²) in [5.74, 6) is 0.628. The molecule has 0 spiro atoms. The summed E-state index contributed by atoms with van der Waals surface area (Å²) in [6, 6.07) is 5.42. The van der Waals surface area contributed by atoms with Crippen LogP contribution in [0.5, 0.6) is 5.75 Å². The van der Waals surface area contributed by atoms with Crippen LogP contribution in [0.2, 0.25) is 0 Å². The number of rotatable bonds is 11. The van der Waals surface area contributed by atoms with Gasteiger partial charge in [-0.25, -0.2) is 0 Å². The fourth-order valence-corrected chi connectivity index (χ4v) is 1.81. The molecule has 0 aliphatic heterocycles. The summed E-state index contributed by atoms with van der Waals surface area (Å²) in [5, 5.41) is 27.5. The summed E-state index contributed by atoms with van der Waals surface area (Å²) >= 11 is 0. The molecule has 0 bridgehead atoms. The number of hydrogen-bond acceptors (Lipinski definition) is 6. The van der Waals surface area contributed by atoms with E-state index in [1.165, 1.54) is 0 Å². The summed E-state index contributed by atoms with van der Waals surface area (Å²) in [5.41, 5.74) is 1.60. The van der Waals surface area contributed by atoms with Crippen molar-refractivity contribution in [2.75, 3.05) is 26.4 Å². The van der Waals surface area contributed by atoms with Crippen LogP contribution in [0.25, 0.3) is 0 Å². The van der Waals surface area contributed by atoms with E-state index in [2.05, 4.69) is 0 Å². The Kier molecular flexibility index (Phi) is 9.03. The molecular formula is C16H26O6. The fraction of sp³-hybridized carbons (Fsp3) is 0.625. The Balaban J connectivity index is 2.47. The van der Waals surface area contributed by atoms with Crippen LogP contribution in [0, 0.1) is 0 Å². The van der Waals surface area contributed by atoms with E-state index in [0.717, 1.165) is 11.1 Å². The molecule has 6 heteroatoms. The summed E-state index contributed by atoms with van der Waals surface area (Å²) in [7, 11) is 0. The highest BCUT2D eigenvalue weighted by Gasteiger charge is 2.04. The number of aliphatic hydroxyl groups excluding tert-OH is 3. The Morgan fingerprint density at radius 3 is 2.18 bits per heavy atom. The van der Waals surface area contributed by atoms with E-state index in [1.54, 1.807) is 19.9 Å². The number of benzene rings is 1. The number of aliphatic hydroxyl groups is 3. The van der Waals surface area contributed by atoms with Gasteiger partial charge in [0.25, 0.3) is 0 Å². The smallest absolute Gasteiger partial charge is 0.120 e. The van der Waals surface area contributed by atoms with Crippen LogP contribution in [0.4, 0.5) is 0 Å². The standard InChI is InChI=1S/C16H26O6/c1-12(18)9-20-3-4-22-16-6-14(8-17)5-15(7-16)11-21-10-13(2)19/h5-7,12-13,17-19H,3-4,8-11H2,1-2H3. The van der Waals surface area contributed by atoms with Crippen LogP contribution in [-0.2, 0) is 22.7 Å². The third-order valence-corrected chi connectivity index (χ3v) is 2.69. The van der Waals surface area contributed by atoms with Crippen molar-refractivity contribution in [1.29, 1.82) is 0 Å². The average molecular weight is 314 g/mol. The van der Waals surface area contributed by atoms with Gasteiger partial charge >= 0.3 is 0 Å². The number of ether oxygens (including phenoxy) is 3. The highest BCUT2D eigenvalue weighted by atomic mass is 16.5. The van der Waals surface area contributed by atoms with Gasteiger partial charge in [-0.05, 0) is 37.1 Å². The van der Waals surface area contributed by atoms with Gasteiger partial charge in [0.1, 0.15) is 12.4 Å². The molecule has 0 aromatic heterocycles. The maximum atomic E-state index is 9.28. The van der Waals surface area contributed by atoms with E-state index < -0.39 is 12.2 Å². The molecule has 0 saturated heterocycles. The molecule has 0 aliphatic rings. The van der Waals surface area contributed by atoms with Crippen molar-refractivity contribution < 1.29 is 29.5 Å². The number of hydrogen-bond donors (Lipinski definition) is 3. The van der Waals surface area contributed by atoms with Crippen LogP contribution >= 0.6 is 0 Å². The van der Waals surface area contributed by atoms with Crippen LogP contribution in [-0.4, -0.2) is 54.0 Å². The first-order valence-corrected chi connectivity index (χ1v) is 7.39. The lowest BCUT2D eigenvalue weighted by atomic mass is 10.1. The normalized spacial score (nSPS) is 13.9. The third kappa shape index (κ3) is 8.31. The average Bonchev–Trinajstić information content (AvgIpc) is 2.46. The van der Waals surface area contributed by atoms with Gasteiger partial charge in [-0.15, -0.1) is 0 Å². The predicted molar refractivity (Wildman–Crippen MR) is 81.7 cm³/mol. The molecular weight excluding hydrogens is 288 g/mol. The van der Waals surface area contributed by atoms with Crippen molar-refractivity contribution in [2.24, 2.45) is 0 Å². The van der Waals surface area contributed by atoms with Crippen molar-refractivity contribution in [1.82, 2.24) is 0 Å². The topological polar surface area (TPSA) is 88.4 Å². The van der Waals surface area contributed by atoms with E-state index in [1.807, 2.05) is 12.1 Å². The maximum absolute atomic E-state index is 9.28. The zero-order valence-corrected chi connectivity index (χ0v) is 13.2.